The number of halogens is 3. The molecule has 0 aliphatic carbocycles. The van der Waals surface area contributed by atoms with E-state index < -0.39 is 12.5 Å². The number of hydrogen-bond donors (Lipinski definition) is 3. The second kappa shape index (κ2) is 8.88. The van der Waals surface area contributed by atoms with E-state index in [1.807, 2.05) is 0 Å². The van der Waals surface area contributed by atoms with Crippen LogP contribution in [0.15, 0.2) is 42.9 Å². The fourth-order valence-corrected chi connectivity index (χ4v) is 4.10. The first-order valence-corrected chi connectivity index (χ1v) is 10.7. The van der Waals surface area contributed by atoms with Gasteiger partial charge in [-0.3, -0.25) is 9.48 Å². The standard InChI is InChI=1S/C21H19ClF2N8O2/c22-11-2-3-15(34-21(23)24)13(8-11)17-14(10-32(29-17)12-4-6-26-9-12)28-20(33)16-18(25)30-31-7-1-5-27-19(16)31/h1-3,5,7-8,10,12,21,26H,4,6,9H2,(H2,25,30)(H,28,33)/t12-/m1/s1. The number of alkyl halides is 2. The number of amides is 1. The highest BCUT2D eigenvalue weighted by atomic mass is 35.5. The molecule has 1 aliphatic rings. The third-order valence-corrected chi connectivity index (χ3v) is 5.69. The van der Waals surface area contributed by atoms with Crippen molar-refractivity contribution in [3.05, 3.63) is 53.4 Å². The van der Waals surface area contributed by atoms with E-state index in [0.717, 1.165) is 13.0 Å². The van der Waals surface area contributed by atoms with Crippen molar-refractivity contribution in [2.45, 2.75) is 19.1 Å². The maximum atomic E-state index is 13.2. The third kappa shape index (κ3) is 4.13. The summed E-state index contributed by atoms with van der Waals surface area (Å²) < 4.78 is 33.9. The summed E-state index contributed by atoms with van der Waals surface area (Å²) in [5.41, 5.74) is 7.03. The Bertz CT molecular complexity index is 1370. The van der Waals surface area contributed by atoms with Crippen molar-refractivity contribution in [1.82, 2.24) is 29.7 Å². The zero-order valence-electron chi connectivity index (χ0n) is 17.6. The van der Waals surface area contributed by atoms with Gasteiger partial charge >= 0.3 is 6.61 Å². The van der Waals surface area contributed by atoms with E-state index in [4.69, 9.17) is 17.3 Å². The number of nitrogens with two attached hydrogens (primary N) is 1. The van der Waals surface area contributed by atoms with Gasteiger partial charge in [-0.25, -0.2) is 9.50 Å². The number of benzene rings is 1. The van der Waals surface area contributed by atoms with Crippen LogP contribution in [0, 0.1) is 0 Å². The summed E-state index contributed by atoms with van der Waals surface area (Å²) in [5.74, 6) is -0.702. The maximum absolute atomic E-state index is 13.2. The van der Waals surface area contributed by atoms with Crippen LogP contribution in [-0.4, -0.2) is 50.0 Å². The first-order chi connectivity index (χ1) is 16.4. The summed E-state index contributed by atoms with van der Waals surface area (Å²) in [6, 6.07) is 5.90. The lowest BCUT2D eigenvalue weighted by atomic mass is 10.1. The van der Waals surface area contributed by atoms with Crippen molar-refractivity contribution < 1.29 is 18.3 Å². The minimum atomic E-state index is -3.05. The molecule has 1 saturated heterocycles. The van der Waals surface area contributed by atoms with Gasteiger partial charge in [0.25, 0.3) is 5.91 Å². The average molecular weight is 489 g/mol. The zero-order valence-corrected chi connectivity index (χ0v) is 18.3. The largest absolute Gasteiger partial charge is 0.434 e. The van der Waals surface area contributed by atoms with E-state index in [-0.39, 0.29) is 45.8 Å². The molecule has 1 aliphatic heterocycles. The Balaban J connectivity index is 1.59. The van der Waals surface area contributed by atoms with Crippen LogP contribution in [0.1, 0.15) is 22.8 Å². The van der Waals surface area contributed by atoms with Gasteiger partial charge in [0.1, 0.15) is 17.0 Å². The Morgan fingerprint density at radius 1 is 1.35 bits per heavy atom. The van der Waals surface area contributed by atoms with Crippen LogP contribution in [0.4, 0.5) is 20.3 Å². The number of nitrogens with one attached hydrogen (secondary N) is 2. The first kappa shape index (κ1) is 22.0. The molecular formula is C21H19ClF2N8O2. The molecule has 34 heavy (non-hydrogen) atoms. The molecule has 0 radical (unpaired) electrons. The molecule has 5 rings (SSSR count). The Kier molecular flexibility index (Phi) is 5.75. The Morgan fingerprint density at radius 3 is 2.97 bits per heavy atom. The summed E-state index contributed by atoms with van der Waals surface area (Å²) in [4.78, 5) is 17.4. The van der Waals surface area contributed by atoms with Gasteiger partial charge in [-0.15, -0.1) is 5.10 Å². The Morgan fingerprint density at radius 2 is 2.21 bits per heavy atom. The minimum absolute atomic E-state index is 0.00499. The predicted octanol–water partition coefficient (Wildman–Crippen LogP) is 3.22. The van der Waals surface area contributed by atoms with Crippen molar-refractivity contribution in [2.24, 2.45) is 0 Å². The maximum Gasteiger partial charge on any atom is 0.387 e. The number of carbonyl (C=O) groups excluding carboxylic acids is 1. The summed E-state index contributed by atoms with van der Waals surface area (Å²) >= 11 is 6.15. The van der Waals surface area contributed by atoms with Gasteiger partial charge in [-0.05, 0) is 37.2 Å². The molecule has 1 aromatic carbocycles. The molecule has 1 fully saturated rings. The molecule has 0 unspecified atom stereocenters. The fourth-order valence-electron chi connectivity index (χ4n) is 3.93. The molecule has 3 aromatic heterocycles. The second-order valence-corrected chi connectivity index (χ2v) is 8.08. The Labute approximate surface area is 196 Å². The molecule has 4 heterocycles. The highest BCUT2D eigenvalue weighted by Crippen LogP contribution is 2.38. The lowest BCUT2D eigenvalue weighted by molar-refractivity contribution is -0.0494. The summed E-state index contributed by atoms with van der Waals surface area (Å²) in [6.45, 7) is -1.57. The molecule has 10 nitrogen and oxygen atoms in total. The molecule has 4 aromatic rings. The number of nitrogens with zero attached hydrogens (tertiary/aromatic N) is 5. The number of nitrogen functional groups attached to an aromatic ring is 1. The quantitative estimate of drug-likeness (QED) is 0.380. The van der Waals surface area contributed by atoms with E-state index in [0.29, 0.717) is 11.6 Å². The molecule has 13 heteroatoms. The molecule has 0 saturated carbocycles. The normalized spacial score (nSPS) is 15.8. The van der Waals surface area contributed by atoms with Crippen molar-refractivity contribution in [3.63, 3.8) is 0 Å². The predicted molar refractivity (Wildman–Crippen MR) is 121 cm³/mol. The first-order valence-electron chi connectivity index (χ1n) is 10.4. The van der Waals surface area contributed by atoms with Crippen LogP contribution in [0.5, 0.6) is 5.75 Å². The molecular weight excluding hydrogens is 470 g/mol. The van der Waals surface area contributed by atoms with Gasteiger partial charge in [0.15, 0.2) is 11.5 Å². The van der Waals surface area contributed by atoms with E-state index >= 15 is 0 Å². The molecule has 4 N–H and O–H groups in total. The number of anilines is 2. The molecule has 0 spiro atoms. The van der Waals surface area contributed by atoms with Crippen molar-refractivity contribution >= 4 is 34.7 Å². The van der Waals surface area contributed by atoms with Crippen molar-refractivity contribution in [2.75, 3.05) is 24.1 Å². The highest BCUT2D eigenvalue weighted by Gasteiger charge is 2.26. The summed E-state index contributed by atoms with van der Waals surface area (Å²) in [6.07, 6.45) is 5.60. The fraction of sp³-hybridized carbons (Fsp3) is 0.238. The van der Waals surface area contributed by atoms with Gasteiger partial charge in [0.05, 0.1) is 11.7 Å². The highest BCUT2D eigenvalue weighted by molar-refractivity contribution is 6.31. The van der Waals surface area contributed by atoms with E-state index in [9.17, 15) is 13.6 Å². The average Bonchev–Trinajstić information content (AvgIpc) is 3.52. The topological polar surface area (TPSA) is 124 Å². The van der Waals surface area contributed by atoms with E-state index in [2.05, 4.69) is 30.6 Å². The Hall–Kier alpha value is -3.77. The number of rotatable bonds is 6. The number of aromatic nitrogens is 5. The van der Waals surface area contributed by atoms with Crippen LogP contribution < -0.4 is 21.1 Å². The van der Waals surface area contributed by atoms with E-state index in [1.54, 1.807) is 23.1 Å². The SMILES string of the molecule is Nc1nn2cccnc2c1C(=O)Nc1cn([C@@H]2CCNC2)nc1-c1cc(Cl)ccc1OC(F)F. The summed E-state index contributed by atoms with van der Waals surface area (Å²) in [7, 11) is 0. The molecule has 176 valence electrons. The van der Waals surface area contributed by atoms with Crippen molar-refractivity contribution in [1.29, 1.82) is 0 Å². The van der Waals surface area contributed by atoms with Crippen molar-refractivity contribution in [3.8, 4) is 17.0 Å². The molecule has 1 atom stereocenters. The van der Waals surface area contributed by atoms with Crippen LogP contribution in [0.2, 0.25) is 5.02 Å². The number of carbonyl (C=O) groups is 1. The van der Waals surface area contributed by atoms with Gasteiger partial charge in [-0.2, -0.15) is 13.9 Å². The number of fused-ring (bicyclic) bond motifs is 1. The lowest BCUT2D eigenvalue weighted by Crippen LogP contribution is -2.15. The monoisotopic (exact) mass is 488 g/mol. The smallest absolute Gasteiger partial charge is 0.387 e. The van der Waals surface area contributed by atoms with Gasteiger partial charge < -0.3 is 21.1 Å². The lowest BCUT2D eigenvalue weighted by Gasteiger charge is -2.11. The minimum Gasteiger partial charge on any atom is -0.434 e. The summed E-state index contributed by atoms with van der Waals surface area (Å²) in [5, 5.41) is 15.0. The van der Waals surface area contributed by atoms with Crippen LogP contribution in [-0.2, 0) is 0 Å². The molecule has 0 bridgehead atoms. The van der Waals surface area contributed by atoms with Gasteiger partial charge in [-0.1, -0.05) is 11.6 Å². The van der Waals surface area contributed by atoms with Crippen LogP contribution >= 0.6 is 11.6 Å². The third-order valence-electron chi connectivity index (χ3n) is 5.45. The van der Waals surface area contributed by atoms with Crippen LogP contribution in [0.25, 0.3) is 16.9 Å². The number of hydrogen-bond acceptors (Lipinski definition) is 7. The zero-order chi connectivity index (χ0) is 23.8. The van der Waals surface area contributed by atoms with Gasteiger partial charge in [0, 0.05) is 35.7 Å². The second-order valence-electron chi connectivity index (χ2n) is 7.64. The van der Waals surface area contributed by atoms with Gasteiger partial charge in [0.2, 0.25) is 0 Å². The van der Waals surface area contributed by atoms with E-state index in [1.165, 1.54) is 28.9 Å². The number of ether oxygens (including phenoxy) is 1. The van der Waals surface area contributed by atoms with Crippen LogP contribution in [0.3, 0.4) is 0 Å². The molecule has 1 amide bonds.